The number of halogens is 1. The molecule has 0 atom stereocenters. The van der Waals surface area contributed by atoms with Crippen LogP contribution in [0.5, 0.6) is 0 Å². The van der Waals surface area contributed by atoms with Crippen molar-refractivity contribution in [3.63, 3.8) is 0 Å². The van der Waals surface area contributed by atoms with Crippen LogP contribution in [-0.2, 0) is 14.6 Å². The average molecular weight is 483 g/mol. The summed E-state index contributed by atoms with van der Waals surface area (Å²) >= 11 is 7.82. The Bertz CT molecular complexity index is 1200. The van der Waals surface area contributed by atoms with Crippen molar-refractivity contribution in [2.45, 2.75) is 35.0 Å². The van der Waals surface area contributed by atoms with Gasteiger partial charge in [-0.15, -0.1) is 11.3 Å². The lowest BCUT2D eigenvalue weighted by molar-refractivity contribution is -0.113. The van der Waals surface area contributed by atoms with Gasteiger partial charge in [-0.2, -0.15) is 0 Å². The normalized spacial score (nSPS) is 11.5. The van der Waals surface area contributed by atoms with Crippen LogP contribution >= 0.6 is 34.7 Å². The molecule has 2 aromatic heterocycles. The molecule has 3 N–H and O–H groups in total. The molecule has 0 saturated carbocycles. The minimum atomic E-state index is -3.86. The van der Waals surface area contributed by atoms with Crippen molar-refractivity contribution in [2.24, 2.45) is 0 Å². The van der Waals surface area contributed by atoms with Gasteiger partial charge in [-0.05, 0) is 44.0 Å². The molecule has 0 bridgehead atoms. The highest BCUT2D eigenvalue weighted by Gasteiger charge is 2.24. The van der Waals surface area contributed by atoms with Crippen molar-refractivity contribution in [1.82, 2.24) is 9.97 Å². The molecule has 0 saturated heterocycles. The smallest absolute Gasteiger partial charge is 0.234 e. The number of nitrogens with one attached hydrogen (secondary N) is 1. The number of hydrogen-bond acceptors (Lipinski definition) is 8. The molecule has 0 fully saturated rings. The third kappa shape index (κ3) is 4.94. The fourth-order valence-electron chi connectivity index (χ4n) is 2.88. The van der Waals surface area contributed by atoms with Crippen LogP contribution in [0.3, 0.4) is 0 Å². The molecule has 30 heavy (non-hydrogen) atoms. The van der Waals surface area contributed by atoms with E-state index in [4.69, 9.17) is 17.3 Å². The zero-order valence-electron chi connectivity index (χ0n) is 16.4. The van der Waals surface area contributed by atoms with Crippen molar-refractivity contribution in [3.05, 3.63) is 51.5 Å². The maximum atomic E-state index is 12.7. The number of hydrogen-bond donors (Lipinski definition) is 2. The Morgan fingerprint density at radius 3 is 2.47 bits per heavy atom. The maximum Gasteiger partial charge on any atom is 0.234 e. The fourth-order valence-corrected chi connectivity index (χ4v) is 6.37. The Labute approximate surface area is 188 Å². The summed E-state index contributed by atoms with van der Waals surface area (Å²) < 4.78 is 25.7. The van der Waals surface area contributed by atoms with Crippen molar-refractivity contribution in [2.75, 3.05) is 16.8 Å². The van der Waals surface area contributed by atoms with Crippen molar-refractivity contribution in [1.29, 1.82) is 0 Å². The Morgan fingerprint density at radius 1 is 1.23 bits per heavy atom. The second-order valence-electron chi connectivity index (χ2n) is 6.57. The summed E-state index contributed by atoms with van der Waals surface area (Å²) in [5.41, 5.74) is 9.73. The van der Waals surface area contributed by atoms with Crippen LogP contribution in [0.2, 0.25) is 4.34 Å². The Kier molecular flexibility index (Phi) is 6.71. The number of nitrogens with zero attached hydrogens (tertiary/aromatic N) is 2. The molecular formula is C19H19ClN4O3S3. The standard InChI is InChI=1S/C19H19ClN4O3S3/c1-10-6-11(2)17(12(3)7-10)23-15(25)9-28-19-22-8-13(18(21)24-19)30(26,27)16-5-4-14(20)29-16/h4-8H,9H2,1-3H3,(H,23,25)(H2,21,22,24). The molecule has 3 rings (SSSR count). The Morgan fingerprint density at radius 2 is 1.90 bits per heavy atom. The molecule has 0 aliphatic heterocycles. The van der Waals surface area contributed by atoms with Crippen molar-refractivity contribution >= 4 is 61.9 Å². The molecule has 0 unspecified atom stereocenters. The van der Waals surface area contributed by atoms with E-state index in [0.29, 0.717) is 4.34 Å². The summed E-state index contributed by atoms with van der Waals surface area (Å²) in [5.74, 6) is -0.344. The fraction of sp³-hybridized carbons (Fsp3) is 0.211. The lowest BCUT2D eigenvalue weighted by atomic mass is 10.1. The molecule has 7 nitrogen and oxygen atoms in total. The van der Waals surface area contributed by atoms with Gasteiger partial charge in [-0.25, -0.2) is 18.4 Å². The van der Waals surface area contributed by atoms with E-state index >= 15 is 0 Å². The second-order valence-corrected chi connectivity index (χ2v) is 11.4. The summed E-state index contributed by atoms with van der Waals surface area (Å²) in [4.78, 5) is 20.2. The Balaban J connectivity index is 1.70. The van der Waals surface area contributed by atoms with E-state index in [9.17, 15) is 13.2 Å². The molecule has 11 heteroatoms. The molecule has 0 radical (unpaired) electrons. The predicted molar refractivity (Wildman–Crippen MR) is 121 cm³/mol. The topological polar surface area (TPSA) is 115 Å². The van der Waals surface area contributed by atoms with E-state index < -0.39 is 9.84 Å². The number of carbonyl (C=O) groups excluding carboxylic acids is 1. The molecular weight excluding hydrogens is 464 g/mol. The molecule has 0 aliphatic rings. The predicted octanol–water partition coefficient (Wildman–Crippen LogP) is 4.26. The molecule has 1 amide bonds. The number of aromatic nitrogens is 2. The molecule has 2 heterocycles. The second kappa shape index (κ2) is 8.93. The number of amides is 1. The van der Waals surface area contributed by atoms with Gasteiger partial charge in [0.2, 0.25) is 15.7 Å². The van der Waals surface area contributed by atoms with Crippen LogP contribution in [0.25, 0.3) is 0 Å². The number of thioether (sulfide) groups is 1. The quantitative estimate of drug-likeness (QED) is 0.398. The minimum absolute atomic E-state index is 0.0544. The molecule has 158 valence electrons. The number of thiophene rings is 1. The summed E-state index contributed by atoms with van der Waals surface area (Å²) in [7, 11) is -3.86. The summed E-state index contributed by atoms with van der Waals surface area (Å²) in [6, 6.07) is 6.90. The SMILES string of the molecule is Cc1cc(C)c(NC(=O)CSc2ncc(S(=O)(=O)c3ccc(Cl)s3)c(N)n2)c(C)c1. The van der Waals surface area contributed by atoms with E-state index in [1.807, 2.05) is 32.9 Å². The van der Waals surface area contributed by atoms with Gasteiger partial charge in [-0.1, -0.05) is 41.1 Å². The molecule has 1 aromatic carbocycles. The number of nitrogen functional groups attached to an aromatic ring is 1. The van der Waals surface area contributed by atoms with Gasteiger partial charge in [0.05, 0.1) is 16.3 Å². The van der Waals surface area contributed by atoms with Gasteiger partial charge in [0.15, 0.2) is 5.16 Å². The van der Waals surface area contributed by atoms with Crippen LogP contribution in [-0.4, -0.2) is 30.0 Å². The van der Waals surface area contributed by atoms with Gasteiger partial charge in [0.1, 0.15) is 14.9 Å². The first-order valence-corrected chi connectivity index (χ1v) is 12.4. The van der Waals surface area contributed by atoms with Crippen LogP contribution in [0.15, 0.2) is 44.7 Å². The maximum absolute atomic E-state index is 12.7. The van der Waals surface area contributed by atoms with Gasteiger partial charge in [-0.3, -0.25) is 4.79 Å². The highest BCUT2D eigenvalue weighted by atomic mass is 35.5. The first-order valence-electron chi connectivity index (χ1n) is 8.71. The number of rotatable bonds is 6. The van der Waals surface area contributed by atoms with Gasteiger partial charge < -0.3 is 11.1 Å². The van der Waals surface area contributed by atoms with E-state index in [0.717, 1.165) is 51.7 Å². The largest absolute Gasteiger partial charge is 0.382 e. The van der Waals surface area contributed by atoms with Crippen LogP contribution in [0.1, 0.15) is 16.7 Å². The van der Waals surface area contributed by atoms with E-state index in [2.05, 4.69) is 15.3 Å². The van der Waals surface area contributed by atoms with Crippen molar-refractivity contribution in [3.8, 4) is 0 Å². The average Bonchev–Trinajstić information content (AvgIpc) is 3.10. The van der Waals surface area contributed by atoms with Crippen LogP contribution < -0.4 is 11.1 Å². The lowest BCUT2D eigenvalue weighted by Gasteiger charge is -2.12. The summed E-state index contributed by atoms with van der Waals surface area (Å²) in [6.45, 7) is 5.87. The summed E-state index contributed by atoms with van der Waals surface area (Å²) in [5, 5.41) is 3.11. The van der Waals surface area contributed by atoms with Gasteiger partial charge in [0.25, 0.3) is 0 Å². The molecule has 0 aliphatic carbocycles. The zero-order valence-corrected chi connectivity index (χ0v) is 19.6. The number of benzene rings is 1. The zero-order chi connectivity index (χ0) is 22.1. The first-order chi connectivity index (χ1) is 14.1. The third-order valence-electron chi connectivity index (χ3n) is 4.14. The minimum Gasteiger partial charge on any atom is -0.382 e. The number of carbonyl (C=O) groups is 1. The summed E-state index contributed by atoms with van der Waals surface area (Å²) in [6.07, 6.45) is 1.15. The first kappa shape index (κ1) is 22.5. The number of sulfone groups is 1. The lowest BCUT2D eigenvalue weighted by Crippen LogP contribution is -2.16. The number of anilines is 2. The van der Waals surface area contributed by atoms with Crippen LogP contribution in [0, 0.1) is 20.8 Å². The van der Waals surface area contributed by atoms with E-state index in [1.54, 1.807) is 0 Å². The number of nitrogens with two attached hydrogens (primary N) is 1. The van der Waals surface area contributed by atoms with Crippen LogP contribution in [0.4, 0.5) is 11.5 Å². The van der Waals surface area contributed by atoms with E-state index in [1.165, 1.54) is 12.1 Å². The molecule has 0 spiro atoms. The highest BCUT2D eigenvalue weighted by Crippen LogP contribution is 2.32. The third-order valence-corrected chi connectivity index (χ3v) is 8.49. The monoisotopic (exact) mass is 482 g/mol. The van der Waals surface area contributed by atoms with Gasteiger partial charge >= 0.3 is 0 Å². The van der Waals surface area contributed by atoms with E-state index in [-0.39, 0.29) is 31.7 Å². The Hall–Kier alpha value is -2.14. The van der Waals surface area contributed by atoms with Gasteiger partial charge in [0, 0.05) is 5.69 Å². The highest BCUT2D eigenvalue weighted by molar-refractivity contribution is 7.99. The number of aryl methyl sites for hydroxylation is 3. The molecule has 3 aromatic rings. The van der Waals surface area contributed by atoms with Crippen molar-refractivity contribution < 1.29 is 13.2 Å².